The predicted molar refractivity (Wildman–Crippen MR) is 119 cm³/mol. The van der Waals surface area contributed by atoms with Gasteiger partial charge in [0.05, 0.1) is 0 Å². The summed E-state index contributed by atoms with van der Waals surface area (Å²) in [5, 5.41) is 20.6. The third-order valence-corrected chi connectivity index (χ3v) is 4.41. The third kappa shape index (κ3) is 7.52. The van der Waals surface area contributed by atoms with E-state index in [0.717, 1.165) is 22.3 Å². The Bertz CT molecular complexity index is 981. The fraction of sp³-hybridized carbons (Fsp3) is 0.320. The number of benzene rings is 2. The predicted octanol–water partition coefficient (Wildman–Crippen LogP) is 5.72. The molecule has 0 aliphatic carbocycles. The fourth-order valence-electron chi connectivity index (χ4n) is 2.68. The molecule has 4 nitrogen and oxygen atoms in total. The zero-order valence-electron chi connectivity index (χ0n) is 18.4. The van der Waals surface area contributed by atoms with E-state index in [1.807, 2.05) is 75.4 Å². The number of hydrogen-bond donors (Lipinski definition) is 2. The minimum atomic E-state index is -0.178. The van der Waals surface area contributed by atoms with Crippen LogP contribution in [0, 0.1) is 0 Å². The Morgan fingerprint density at radius 3 is 2.03 bits per heavy atom. The Labute approximate surface area is 195 Å². The summed E-state index contributed by atoms with van der Waals surface area (Å²) in [6.45, 7) is 12.3. The van der Waals surface area contributed by atoms with Crippen LogP contribution in [0.1, 0.15) is 52.7 Å². The maximum Gasteiger partial charge on any atom is 1.00 e. The third-order valence-electron chi connectivity index (χ3n) is 4.41. The Hall–Kier alpha value is -2.27. The van der Waals surface area contributed by atoms with Crippen LogP contribution in [0.15, 0.2) is 71.9 Å². The van der Waals surface area contributed by atoms with Gasteiger partial charge in [-0.2, -0.15) is 18.2 Å². The molecular weight excluding hydrogens is 557 g/mol. The number of hydrogen-bond acceptors (Lipinski definition) is 4. The number of phenols is 2. The Balaban J connectivity index is 0.000000295. The summed E-state index contributed by atoms with van der Waals surface area (Å²) in [7, 11) is 0. The molecular formula is C25H31AuN2O2. The first kappa shape index (κ1) is 25.8. The number of aromatic hydroxyl groups is 2. The van der Waals surface area contributed by atoms with E-state index in [0.29, 0.717) is 0 Å². The summed E-state index contributed by atoms with van der Waals surface area (Å²) in [5.41, 5.74) is 1.61. The molecule has 0 saturated carbocycles. The van der Waals surface area contributed by atoms with E-state index in [9.17, 15) is 10.2 Å². The molecule has 1 heterocycles. The molecule has 0 unspecified atom stereocenters. The quantitative estimate of drug-likeness (QED) is 0.217. The van der Waals surface area contributed by atoms with Gasteiger partial charge in [0.2, 0.25) is 0 Å². The topological polar surface area (TPSA) is 65.7 Å². The van der Waals surface area contributed by atoms with Crippen LogP contribution >= 0.6 is 0 Å². The van der Waals surface area contributed by atoms with E-state index in [1.165, 1.54) is 0 Å². The van der Waals surface area contributed by atoms with Crippen LogP contribution in [0.3, 0.4) is 0 Å². The van der Waals surface area contributed by atoms with Gasteiger partial charge >= 0.3 is 22.4 Å². The monoisotopic (exact) mass is 588 g/mol. The molecule has 164 valence electrons. The summed E-state index contributed by atoms with van der Waals surface area (Å²) in [6.07, 6.45) is 1.74. The summed E-state index contributed by atoms with van der Waals surface area (Å²) in [5.74, 6) is 0.714. The van der Waals surface area contributed by atoms with Gasteiger partial charge in [-0.05, 0) is 39.9 Å². The molecule has 0 atom stereocenters. The van der Waals surface area contributed by atoms with Crippen molar-refractivity contribution < 1.29 is 32.6 Å². The van der Waals surface area contributed by atoms with Gasteiger partial charge in [-0.1, -0.05) is 53.7 Å². The average molecular weight is 589 g/mol. The van der Waals surface area contributed by atoms with Crippen LogP contribution in [0.4, 0.5) is 5.82 Å². The SMILES string of the molecule is CC(C)(C)c1cc(O)c(O)c(C(C)(C)C)c1.[Au+].c1ccc(=Nc2ccccn2)[cH-]c1. The van der Waals surface area contributed by atoms with E-state index in [2.05, 4.69) is 30.7 Å². The van der Waals surface area contributed by atoms with Crippen molar-refractivity contribution in [2.24, 2.45) is 4.99 Å². The summed E-state index contributed by atoms with van der Waals surface area (Å²) < 4.78 is 0. The zero-order chi connectivity index (χ0) is 21.7. The number of pyridine rings is 1. The second-order valence-corrected chi connectivity index (χ2v) is 9.03. The van der Waals surface area contributed by atoms with Gasteiger partial charge in [0.25, 0.3) is 0 Å². The van der Waals surface area contributed by atoms with Crippen LogP contribution < -0.4 is 5.36 Å². The molecule has 0 spiro atoms. The van der Waals surface area contributed by atoms with Crippen molar-refractivity contribution in [3.05, 3.63) is 83.3 Å². The Morgan fingerprint density at radius 1 is 0.867 bits per heavy atom. The van der Waals surface area contributed by atoms with Crippen molar-refractivity contribution in [3.8, 4) is 11.5 Å². The van der Waals surface area contributed by atoms with Crippen LogP contribution in [0.25, 0.3) is 0 Å². The molecule has 5 heteroatoms. The standard InChI is InChI=1S/C14H22O2.C11H9N2.Au/c1-13(2,3)9-7-10(14(4,5)6)12(16)11(15)8-9;1-2-6-10(7-3-1)13-11-8-4-5-9-12-11;/h7-8,15-16H,1-6H3;1-9H;/q;-1;+1. The summed E-state index contributed by atoms with van der Waals surface area (Å²) in [4.78, 5) is 8.44. The molecule has 0 aliphatic rings. The Kier molecular flexibility index (Phi) is 9.16. The first-order chi connectivity index (χ1) is 13.5. The molecule has 0 radical (unpaired) electrons. The van der Waals surface area contributed by atoms with Gasteiger partial charge in [0.15, 0.2) is 11.5 Å². The normalized spacial score (nSPS) is 11.0. The smallest absolute Gasteiger partial charge is 0.504 e. The van der Waals surface area contributed by atoms with E-state index >= 15 is 0 Å². The number of rotatable bonds is 1. The molecule has 2 aromatic carbocycles. The molecule has 0 amide bonds. The first-order valence-corrected chi connectivity index (χ1v) is 9.73. The number of phenolic OH excluding ortho intramolecular Hbond substituents is 2. The van der Waals surface area contributed by atoms with Gasteiger partial charge < -0.3 is 10.2 Å². The molecule has 0 fully saturated rings. The summed E-state index contributed by atoms with van der Waals surface area (Å²) >= 11 is 0. The molecule has 3 rings (SSSR count). The van der Waals surface area contributed by atoms with Crippen molar-refractivity contribution in [1.29, 1.82) is 0 Å². The Morgan fingerprint density at radius 2 is 1.53 bits per heavy atom. The largest absolute Gasteiger partial charge is 1.00 e. The van der Waals surface area contributed by atoms with Crippen molar-refractivity contribution in [1.82, 2.24) is 4.98 Å². The van der Waals surface area contributed by atoms with Gasteiger partial charge in [-0.3, -0.25) is 4.99 Å². The second-order valence-electron chi connectivity index (χ2n) is 9.03. The van der Waals surface area contributed by atoms with Crippen LogP contribution in [0.2, 0.25) is 0 Å². The van der Waals surface area contributed by atoms with E-state index in [1.54, 1.807) is 12.3 Å². The number of para-hydroxylation sites is 1. The van der Waals surface area contributed by atoms with Crippen molar-refractivity contribution in [2.45, 2.75) is 52.4 Å². The minimum Gasteiger partial charge on any atom is -0.504 e. The van der Waals surface area contributed by atoms with E-state index in [4.69, 9.17) is 0 Å². The van der Waals surface area contributed by atoms with Gasteiger partial charge in [-0.15, -0.1) is 12.1 Å². The van der Waals surface area contributed by atoms with Crippen molar-refractivity contribution in [3.63, 3.8) is 0 Å². The minimum absolute atomic E-state index is 0. The molecule has 1 aromatic heterocycles. The van der Waals surface area contributed by atoms with Gasteiger partial charge in [0, 0.05) is 11.8 Å². The second kappa shape index (κ2) is 10.7. The molecule has 0 bridgehead atoms. The molecule has 2 N–H and O–H groups in total. The zero-order valence-corrected chi connectivity index (χ0v) is 20.6. The van der Waals surface area contributed by atoms with Crippen LogP contribution in [0.5, 0.6) is 11.5 Å². The summed E-state index contributed by atoms with van der Waals surface area (Å²) in [6, 6.07) is 19.1. The molecule has 3 aromatic rings. The molecule has 0 aliphatic heterocycles. The van der Waals surface area contributed by atoms with Gasteiger partial charge in [-0.25, -0.2) is 4.98 Å². The number of nitrogens with zero attached hydrogens (tertiary/aromatic N) is 2. The first-order valence-electron chi connectivity index (χ1n) is 9.73. The van der Waals surface area contributed by atoms with E-state index < -0.39 is 0 Å². The van der Waals surface area contributed by atoms with Crippen molar-refractivity contribution in [2.75, 3.05) is 0 Å². The van der Waals surface area contributed by atoms with Crippen molar-refractivity contribution >= 4 is 5.82 Å². The number of aromatic nitrogens is 1. The molecule has 30 heavy (non-hydrogen) atoms. The molecule has 0 saturated heterocycles. The van der Waals surface area contributed by atoms with Gasteiger partial charge in [0.1, 0.15) is 5.82 Å². The average Bonchev–Trinajstić information content (AvgIpc) is 2.64. The van der Waals surface area contributed by atoms with Crippen LogP contribution in [-0.4, -0.2) is 15.2 Å². The fourth-order valence-corrected chi connectivity index (χ4v) is 2.68. The van der Waals surface area contributed by atoms with E-state index in [-0.39, 0.29) is 44.7 Å². The maximum atomic E-state index is 9.87. The maximum absolute atomic E-state index is 9.87. The van der Waals surface area contributed by atoms with Crippen LogP contribution in [-0.2, 0) is 33.2 Å².